The maximum absolute atomic E-state index is 13.1. The summed E-state index contributed by atoms with van der Waals surface area (Å²) in [5.41, 5.74) is 1.09. The Bertz CT molecular complexity index is 608. The van der Waals surface area contributed by atoms with Gasteiger partial charge < -0.3 is 0 Å². The van der Waals surface area contributed by atoms with Crippen LogP contribution in [0.25, 0.3) is 0 Å². The zero-order chi connectivity index (χ0) is 21.2. The first-order valence-electron chi connectivity index (χ1n) is 10.8. The minimum absolute atomic E-state index is 0.00802. The van der Waals surface area contributed by atoms with E-state index in [0.717, 1.165) is 30.2 Å². The zero-order valence-corrected chi connectivity index (χ0v) is 20.9. The first-order valence-corrected chi connectivity index (χ1v) is 12.7. The molecule has 0 amide bonds. The van der Waals surface area contributed by atoms with Crippen LogP contribution in [0.4, 0.5) is 0 Å². The van der Waals surface area contributed by atoms with Crippen LogP contribution in [-0.4, -0.2) is 8.96 Å². The fourth-order valence-electron chi connectivity index (χ4n) is 3.58. The summed E-state index contributed by atoms with van der Waals surface area (Å²) in [5, 5.41) is 0. The van der Waals surface area contributed by atoms with Gasteiger partial charge in [0.25, 0.3) is 0 Å². The van der Waals surface area contributed by atoms with E-state index in [4.69, 9.17) is 0 Å². The van der Waals surface area contributed by atoms with Crippen molar-refractivity contribution < 1.29 is 4.21 Å². The number of benzene rings is 1. The van der Waals surface area contributed by atoms with Gasteiger partial charge in [0.1, 0.15) is 0 Å². The third-order valence-corrected chi connectivity index (χ3v) is 7.55. The molecule has 1 N–H and O–H groups in total. The van der Waals surface area contributed by atoms with Gasteiger partial charge in [0.15, 0.2) is 0 Å². The van der Waals surface area contributed by atoms with E-state index in [9.17, 15) is 4.21 Å². The van der Waals surface area contributed by atoms with Gasteiger partial charge in [0.05, 0.1) is 21.8 Å². The zero-order valence-electron chi connectivity index (χ0n) is 18.5. The Balaban J connectivity index is 3.31. The predicted molar refractivity (Wildman–Crippen MR) is 129 cm³/mol. The topological polar surface area (TPSA) is 29.1 Å². The average Bonchev–Trinajstić information content (AvgIpc) is 2.66. The Morgan fingerprint density at radius 1 is 1.04 bits per heavy atom. The molecule has 4 heteroatoms. The van der Waals surface area contributed by atoms with Crippen molar-refractivity contribution in [3.05, 3.63) is 47.0 Å². The molecule has 1 aromatic carbocycles. The van der Waals surface area contributed by atoms with E-state index in [0.29, 0.717) is 0 Å². The number of hydrogen-bond donors (Lipinski definition) is 1. The minimum Gasteiger partial charge on any atom is -0.242 e. The summed E-state index contributed by atoms with van der Waals surface area (Å²) in [7, 11) is -1.15. The van der Waals surface area contributed by atoms with Gasteiger partial charge in [0, 0.05) is 9.89 Å². The highest BCUT2D eigenvalue weighted by molar-refractivity contribution is 9.10. The third kappa shape index (κ3) is 7.76. The number of rotatable bonds is 13. The van der Waals surface area contributed by atoms with Crippen molar-refractivity contribution >= 4 is 26.9 Å². The number of unbranched alkanes of at least 4 members (excludes halogenated alkanes) is 4. The highest BCUT2D eigenvalue weighted by Gasteiger charge is 2.38. The first-order chi connectivity index (χ1) is 13.2. The molecule has 0 fully saturated rings. The van der Waals surface area contributed by atoms with Gasteiger partial charge in [0.2, 0.25) is 0 Å². The summed E-state index contributed by atoms with van der Waals surface area (Å²) >= 11 is 3.55. The molecule has 0 aliphatic rings. The van der Waals surface area contributed by atoms with Crippen LogP contribution in [-0.2, 0) is 11.0 Å². The van der Waals surface area contributed by atoms with Crippen molar-refractivity contribution in [2.24, 2.45) is 5.41 Å². The quantitative estimate of drug-likeness (QED) is 0.231. The lowest BCUT2D eigenvalue weighted by Gasteiger charge is -2.41. The molecular weight excluding hydrogens is 430 g/mol. The van der Waals surface area contributed by atoms with Gasteiger partial charge in [-0.25, -0.2) is 8.93 Å². The van der Waals surface area contributed by atoms with Gasteiger partial charge in [-0.05, 0) is 51.3 Å². The van der Waals surface area contributed by atoms with E-state index in [-0.39, 0.29) is 16.2 Å². The third-order valence-electron chi connectivity index (χ3n) is 5.46. The Hall–Kier alpha value is -0.450. The van der Waals surface area contributed by atoms with Crippen molar-refractivity contribution in [2.45, 2.75) is 96.8 Å². The molecule has 1 aromatic rings. The van der Waals surface area contributed by atoms with Gasteiger partial charge in [-0.1, -0.05) is 86.5 Å². The molecule has 0 saturated heterocycles. The monoisotopic (exact) mass is 469 g/mol. The molecule has 28 heavy (non-hydrogen) atoms. The van der Waals surface area contributed by atoms with Crippen LogP contribution in [0.1, 0.15) is 97.6 Å². The second-order valence-corrected chi connectivity index (χ2v) is 11.7. The van der Waals surface area contributed by atoms with Gasteiger partial charge >= 0.3 is 0 Å². The standard InChI is InChI=1S/C24H40BrNOS/c1-7-10-12-13-19-24(9-3,18-11-8-2)22(26-28(27)23(4,5)6)20-14-16-21(25)17-15-20/h9,14-17,22,26H,3,7-8,10-13,18-19H2,1-2,4-6H3/t22-,24-,28-/m1/s1. The lowest BCUT2D eigenvalue weighted by Crippen LogP contribution is -2.43. The van der Waals surface area contributed by atoms with E-state index in [2.05, 4.69) is 71.4 Å². The fourth-order valence-corrected chi connectivity index (χ4v) is 4.78. The average molecular weight is 471 g/mol. The lowest BCUT2D eigenvalue weighted by molar-refractivity contribution is 0.230. The Labute approximate surface area is 184 Å². The maximum Gasteiger partial charge on any atom is 0.0976 e. The Kier molecular flexibility index (Phi) is 11.2. The van der Waals surface area contributed by atoms with Crippen LogP contribution in [0.15, 0.2) is 41.4 Å². The van der Waals surface area contributed by atoms with Crippen LogP contribution < -0.4 is 4.72 Å². The summed E-state index contributed by atoms with van der Waals surface area (Å²) in [5.74, 6) is 0. The number of halogens is 1. The maximum atomic E-state index is 13.1. The van der Waals surface area contributed by atoms with Crippen molar-refractivity contribution in [3.8, 4) is 0 Å². The van der Waals surface area contributed by atoms with Crippen LogP contribution in [0.2, 0.25) is 0 Å². The predicted octanol–water partition coefficient (Wildman–Crippen LogP) is 7.88. The van der Waals surface area contributed by atoms with Crippen molar-refractivity contribution in [3.63, 3.8) is 0 Å². The Morgan fingerprint density at radius 3 is 2.11 bits per heavy atom. The highest BCUT2D eigenvalue weighted by atomic mass is 79.9. The molecular formula is C24H40BrNOS. The largest absolute Gasteiger partial charge is 0.242 e. The number of nitrogens with one attached hydrogen (secondary N) is 1. The molecule has 0 unspecified atom stereocenters. The molecule has 0 radical (unpaired) electrons. The molecule has 0 aromatic heterocycles. The molecule has 0 bridgehead atoms. The summed E-state index contributed by atoms with van der Waals surface area (Å²) in [6.45, 7) is 14.8. The molecule has 0 aliphatic heterocycles. The van der Waals surface area contributed by atoms with Gasteiger partial charge in [-0.3, -0.25) is 0 Å². The van der Waals surface area contributed by atoms with Crippen molar-refractivity contribution in [1.29, 1.82) is 0 Å². The fraction of sp³-hybridized carbons (Fsp3) is 0.667. The summed E-state index contributed by atoms with van der Waals surface area (Å²) in [6.07, 6.45) is 11.5. The van der Waals surface area contributed by atoms with E-state index < -0.39 is 11.0 Å². The van der Waals surface area contributed by atoms with Crippen LogP contribution in [0.5, 0.6) is 0 Å². The summed E-state index contributed by atoms with van der Waals surface area (Å²) < 4.78 is 17.4. The molecule has 0 spiro atoms. The Morgan fingerprint density at radius 2 is 1.61 bits per heavy atom. The summed E-state index contributed by atoms with van der Waals surface area (Å²) in [6, 6.07) is 8.45. The van der Waals surface area contributed by atoms with Crippen LogP contribution in [0, 0.1) is 5.41 Å². The molecule has 3 atom stereocenters. The first kappa shape index (κ1) is 25.6. The van der Waals surface area contributed by atoms with E-state index in [1.54, 1.807) is 0 Å². The molecule has 2 nitrogen and oxygen atoms in total. The second-order valence-electron chi connectivity index (χ2n) is 8.84. The second kappa shape index (κ2) is 12.3. The molecule has 1 rings (SSSR count). The number of hydrogen-bond acceptors (Lipinski definition) is 1. The van der Waals surface area contributed by atoms with Crippen molar-refractivity contribution in [2.75, 3.05) is 0 Å². The smallest absolute Gasteiger partial charge is 0.0976 e. The molecule has 0 aliphatic carbocycles. The SMILES string of the molecule is C=C[C@@](CCCC)(CCCCCC)[C@H](N[S@](=O)C(C)(C)C)c1ccc(Br)cc1. The van der Waals surface area contributed by atoms with Crippen LogP contribution >= 0.6 is 15.9 Å². The van der Waals surface area contributed by atoms with Gasteiger partial charge in [-0.2, -0.15) is 0 Å². The molecule has 0 heterocycles. The highest BCUT2D eigenvalue weighted by Crippen LogP contribution is 2.45. The van der Waals surface area contributed by atoms with Gasteiger partial charge in [-0.15, -0.1) is 6.58 Å². The molecule has 0 saturated carbocycles. The normalized spacial score (nSPS) is 16.4. The van der Waals surface area contributed by atoms with Crippen molar-refractivity contribution in [1.82, 2.24) is 4.72 Å². The molecule has 160 valence electrons. The van der Waals surface area contributed by atoms with E-state index in [1.807, 2.05) is 20.8 Å². The van der Waals surface area contributed by atoms with E-state index >= 15 is 0 Å². The van der Waals surface area contributed by atoms with E-state index in [1.165, 1.54) is 31.2 Å². The minimum atomic E-state index is -1.15. The van der Waals surface area contributed by atoms with Crippen LogP contribution in [0.3, 0.4) is 0 Å². The lowest BCUT2D eigenvalue weighted by atomic mass is 9.70. The summed E-state index contributed by atoms with van der Waals surface area (Å²) in [4.78, 5) is 0.